The number of hydrogen-bond acceptors (Lipinski definition) is 4. The molecular formula is C20H27ClN2O4. The number of rotatable bonds is 3. The van der Waals surface area contributed by atoms with Crippen molar-refractivity contribution in [2.45, 2.75) is 59.2 Å². The third-order valence-electron chi connectivity index (χ3n) is 3.47. The molecule has 2 aromatic rings. The van der Waals surface area contributed by atoms with E-state index < -0.39 is 23.4 Å². The summed E-state index contributed by atoms with van der Waals surface area (Å²) in [6, 6.07) is 7.18. The van der Waals surface area contributed by atoms with Crippen LogP contribution >= 0.6 is 11.6 Å². The van der Waals surface area contributed by atoms with E-state index in [0.29, 0.717) is 23.5 Å². The van der Waals surface area contributed by atoms with Crippen LogP contribution in [0.1, 0.15) is 47.2 Å². The van der Waals surface area contributed by atoms with Gasteiger partial charge in [-0.05, 0) is 65.8 Å². The maximum Gasteiger partial charge on any atom is 0.419 e. The largest absolute Gasteiger partial charge is 0.444 e. The molecule has 2 rings (SSSR count). The molecule has 7 heteroatoms. The lowest BCUT2D eigenvalue weighted by atomic mass is 10.2. The van der Waals surface area contributed by atoms with Gasteiger partial charge in [0.25, 0.3) is 0 Å². The van der Waals surface area contributed by atoms with E-state index in [4.69, 9.17) is 21.1 Å². The number of nitrogens with one attached hydrogen (secondary N) is 1. The molecule has 0 aliphatic heterocycles. The Bertz CT molecular complexity index is 844. The summed E-state index contributed by atoms with van der Waals surface area (Å²) in [5, 5.41) is 4.12. The molecule has 1 N–H and O–H groups in total. The van der Waals surface area contributed by atoms with Crippen LogP contribution in [0.5, 0.6) is 0 Å². The van der Waals surface area contributed by atoms with Crippen molar-refractivity contribution in [2.75, 3.05) is 6.54 Å². The summed E-state index contributed by atoms with van der Waals surface area (Å²) in [6.07, 6.45) is -0.525. The van der Waals surface area contributed by atoms with Crippen LogP contribution in [0.4, 0.5) is 9.59 Å². The maximum absolute atomic E-state index is 12.7. The Kier molecular flexibility index (Phi) is 6.10. The minimum Gasteiger partial charge on any atom is -0.444 e. The third kappa shape index (κ3) is 6.17. The van der Waals surface area contributed by atoms with Gasteiger partial charge in [-0.25, -0.2) is 14.2 Å². The van der Waals surface area contributed by atoms with Crippen LogP contribution < -0.4 is 5.32 Å². The fourth-order valence-electron chi connectivity index (χ4n) is 2.56. The van der Waals surface area contributed by atoms with Gasteiger partial charge in [0.2, 0.25) is 0 Å². The van der Waals surface area contributed by atoms with Gasteiger partial charge in [-0.3, -0.25) is 0 Å². The summed E-state index contributed by atoms with van der Waals surface area (Å²) < 4.78 is 12.3. The third-order valence-corrected chi connectivity index (χ3v) is 3.70. The molecule has 0 saturated carbocycles. The van der Waals surface area contributed by atoms with Gasteiger partial charge in [0.15, 0.2) is 0 Å². The van der Waals surface area contributed by atoms with Gasteiger partial charge in [-0.1, -0.05) is 11.6 Å². The number of nitrogens with zero attached hydrogens (tertiary/aromatic N) is 1. The second kappa shape index (κ2) is 7.80. The Morgan fingerprint density at radius 2 is 1.67 bits per heavy atom. The lowest BCUT2D eigenvalue weighted by Gasteiger charge is -2.21. The topological polar surface area (TPSA) is 69.6 Å². The summed E-state index contributed by atoms with van der Waals surface area (Å²) in [6.45, 7) is 11.2. The lowest BCUT2D eigenvalue weighted by molar-refractivity contribution is 0.0528. The average molecular weight is 395 g/mol. The van der Waals surface area contributed by atoms with Crippen LogP contribution in [-0.4, -0.2) is 34.5 Å². The van der Waals surface area contributed by atoms with Crippen molar-refractivity contribution < 1.29 is 19.1 Å². The molecule has 0 bridgehead atoms. The Labute approximate surface area is 164 Å². The van der Waals surface area contributed by atoms with Crippen LogP contribution in [-0.2, 0) is 15.9 Å². The Morgan fingerprint density at radius 3 is 2.26 bits per heavy atom. The van der Waals surface area contributed by atoms with Crippen LogP contribution in [0.2, 0.25) is 5.02 Å². The molecule has 0 atom stereocenters. The van der Waals surface area contributed by atoms with Crippen LogP contribution in [0, 0.1) is 0 Å². The van der Waals surface area contributed by atoms with Gasteiger partial charge < -0.3 is 14.8 Å². The summed E-state index contributed by atoms with van der Waals surface area (Å²) in [4.78, 5) is 24.5. The van der Waals surface area contributed by atoms with Crippen molar-refractivity contribution in [2.24, 2.45) is 0 Å². The molecule has 0 spiro atoms. The second-order valence-corrected chi connectivity index (χ2v) is 8.77. The SMILES string of the molecule is CC(C)(C)OC(=O)NCCc1cc2cc(Cl)ccc2n1C(=O)OC(C)(C)C. The second-order valence-electron chi connectivity index (χ2n) is 8.33. The highest BCUT2D eigenvalue weighted by molar-refractivity contribution is 6.31. The fourth-order valence-corrected chi connectivity index (χ4v) is 2.74. The molecule has 0 unspecified atom stereocenters. The number of benzene rings is 1. The van der Waals surface area contributed by atoms with Crippen LogP contribution in [0.25, 0.3) is 10.9 Å². The highest BCUT2D eigenvalue weighted by Gasteiger charge is 2.22. The van der Waals surface area contributed by atoms with Gasteiger partial charge in [-0.15, -0.1) is 0 Å². The van der Waals surface area contributed by atoms with Gasteiger partial charge >= 0.3 is 12.2 Å². The molecule has 27 heavy (non-hydrogen) atoms. The Balaban J connectivity index is 2.23. The number of hydrogen-bond donors (Lipinski definition) is 1. The predicted molar refractivity (Wildman–Crippen MR) is 107 cm³/mol. The predicted octanol–water partition coefficient (Wildman–Crippen LogP) is 5.15. The molecule has 0 saturated heterocycles. The van der Waals surface area contributed by atoms with E-state index in [2.05, 4.69) is 5.32 Å². The molecule has 1 amide bonds. The number of carbonyl (C=O) groups excluding carboxylic acids is 2. The number of alkyl carbamates (subject to hydrolysis) is 1. The fraction of sp³-hybridized carbons (Fsp3) is 0.500. The van der Waals surface area contributed by atoms with Crippen molar-refractivity contribution in [3.05, 3.63) is 35.0 Å². The van der Waals surface area contributed by atoms with Crippen molar-refractivity contribution in [1.82, 2.24) is 9.88 Å². The molecule has 1 aromatic heterocycles. The van der Waals surface area contributed by atoms with E-state index in [1.165, 1.54) is 4.57 Å². The maximum atomic E-state index is 12.7. The standard InChI is InChI=1S/C20H27ClN2O4/c1-19(2,3)26-17(24)22-10-9-15-12-13-11-14(21)7-8-16(13)23(15)18(25)27-20(4,5)6/h7-8,11-12H,9-10H2,1-6H3,(H,22,24). The van der Waals surface area contributed by atoms with Crippen molar-refractivity contribution in [1.29, 1.82) is 0 Å². The normalized spacial score (nSPS) is 12.1. The monoisotopic (exact) mass is 394 g/mol. The first-order chi connectivity index (χ1) is 12.4. The highest BCUT2D eigenvalue weighted by Crippen LogP contribution is 2.25. The van der Waals surface area contributed by atoms with Crippen LogP contribution in [0.15, 0.2) is 24.3 Å². The summed E-state index contributed by atoms with van der Waals surface area (Å²) in [5.41, 5.74) is 0.247. The molecule has 0 radical (unpaired) electrons. The number of aromatic nitrogens is 1. The quantitative estimate of drug-likeness (QED) is 0.781. The van der Waals surface area contributed by atoms with Crippen molar-refractivity contribution >= 4 is 34.7 Å². The molecular weight excluding hydrogens is 368 g/mol. The Hall–Kier alpha value is -2.21. The summed E-state index contributed by atoms with van der Waals surface area (Å²) in [7, 11) is 0. The molecule has 148 valence electrons. The smallest absolute Gasteiger partial charge is 0.419 e. The van der Waals surface area contributed by atoms with Gasteiger partial charge in [-0.2, -0.15) is 0 Å². The van der Waals surface area contributed by atoms with E-state index in [-0.39, 0.29) is 0 Å². The number of fused-ring (bicyclic) bond motifs is 1. The molecule has 1 heterocycles. The van der Waals surface area contributed by atoms with Crippen molar-refractivity contribution in [3.8, 4) is 0 Å². The lowest BCUT2D eigenvalue weighted by Crippen LogP contribution is -2.34. The zero-order valence-electron chi connectivity index (χ0n) is 16.7. The Morgan fingerprint density at radius 1 is 1.04 bits per heavy atom. The van der Waals surface area contributed by atoms with E-state index in [1.54, 1.807) is 39.0 Å². The van der Waals surface area contributed by atoms with Gasteiger partial charge in [0, 0.05) is 29.1 Å². The average Bonchev–Trinajstić information content (AvgIpc) is 2.80. The van der Waals surface area contributed by atoms with Gasteiger partial charge in [0.05, 0.1) is 5.52 Å². The zero-order chi connectivity index (χ0) is 20.4. The molecule has 0 aliphatic rings. The first-order valence-corrected chi connectivity index (χ1v) is 9.24. The summed E-state index contributed by atoms with van der Waals surface area (Å²) in [5.74, 6) is 0. The molecule has 0 fully saturated rings. The number of carbonyl (C=O) groups is 2. The highest BCUT2D eigenvalue weighted by atomic mass is 35.5. The van der Waals surface area contributed by atoms with Crippen LogP contribution in [0.3, 0.4) is 0 Å². The van der Waals surface area contributed by atoms with E-state index in [1.807, 2.05) is 26.8 Å². The first-order valence-electron chi connectivity index (χ1n) is 8.86. The first kappa shape index (κ1) is 21.1. The number of ether oxygens (including phenoxy) is 2. The number of halogens is 1. The van der Waals surface area contributed by atoms with Gasteiger partial charge in [0.1, 0.15) is 11.2 Å². The number of amides is 1. The van der Waals surface area contributed by atoms with E-state index >= 15 is 0 Å². The van der Waals surface area contributed by atoms with E-state index in [9.17, 15) is 9.59 Å². The summed E-state index contributed by atoms with van der Waals surface area (Å²) >= 11 is 6.07. The minimum absolute atomic E-state index is 0.321. The minimum atomic E-state index is -0.619. The molecule has 1 aromatic carbocycles. The van der Waals surface area contributed by atoms with Crippen molar-refractivity contribution in [3.63, 3.8) is 0 Å². The molecule has 6 nitrogen and oxygen atoms in total. The molecule has 0 aliphatic carbocycles. The van der Waals surface area contributed by atoms with E-state index in [0.717, 1.165) is 11.1 Å². The zero-order valence-corrected chi connectivity index (χ0v) is 17.4.